The number of esters is 1. The average molecular weight is 655 g/mol. The second kappa shape index (κ2) is 17.6. The number of nitrogens with zero attached hydrogens (tertiary/aromatic N) is 1. The van der Waals surface area contributed by atoms with Crippen molar-refractivity contribution in [2.24, 2.45) is 5.92 Å². The average Bonchev–Trinajstić information content (AvgIpc) is 3.84. The van der Waals surface area contributed by atoms with E-state index >= 15 is 0 Å². The van der Waals surface area contributed by atoms with Gasteiger partial charge in [-0.05, 0) is 37.7 Å². The summed E-state index contributed by atoms with van der Waals surface area (Å²) in [5.41, 5.74) is 0. The molecule has 2 saturated heterocycles. The van der Waals surface area contributed by atoms with Crippen molar-refractivity contribution in [3.63, 3.8) is 0 Å². The molecule has 1 aliphatic carbocycles. The third-order valence-electron chi connectivity index (χ3n) is 7.59. The van der Waals surface area contributed by atoms with Crippen LogP contribution >= 0.6 is 21.6 Å². The van der Waals surface area contributed by atoms with E-state index in [4.69, 9.17) is 9.47 Å². The fourth-order valence-corrected chi connectivity index (χ4v) is 7.11. The minimum absolute atomic E-state index is 0.00933. The second-order valence-corrected chi connectivity index (χ2v) is 13.7. The topological polar surface area (TPSA) is 184 Å². The Kier molecular flexibility index (Phi) is 13.6. The number of morpholine rings is 1. The minimum Gasteiger partial charge on any atom is -0.456 e. The van der Waals surface area contributed by atoms with E-state index in [1.807, 2.05) is 6.08 Å². The molecule has 4 atom stereocenters. The van der Waals surface area contributed by atoms with Crippen molar-refractivity contribution in [1.82, 2.24) is 31.5 Å². The fourth-order valence-electron chi connectivity index (χ4n) is 4.95. The zero-order valence-corrected chi connectivity index (χ0v) is 26.3. The predicted molar refractivity (Wildman–Crippen MR) is 164 cm³/mol. The van der Waals surface area contributed by atoms with E-state index in [2.05, 4.69) is 31.5 Å². The number of nitrogens with one attached hydrogen (secondary N) is 5. The lowest BCUT2D eigenvalue weighted by atomic mass is 10.1. The zero-order chi connectivity index (χ0) is 31.3. The molecule has 3 fully saturated rings. The van der Waals surface area contributed by atoms with E-state index in [1.165, 1.54) is 21.6 Å². The SMILES string of the molecule is O=C(CC[C@H]1NC(=O)C[C@H]2C=CCCSSC[C@@H](NC1=O)C(=O)NC(C1CC1)C(=O)NCC(=O)O2)NCCN1CCOCC1. The van der Waals surface area contributed by atoms with Crippen molar-refractivity contribution in [1.29, 1.82) is 0 Å². The molecule has 4 aliphatic rings. The van der Waals surface area contributed by atoms with Gasteiger partial charge < -0.3 is 36.1 Å². The van der Waals surface area contributed by atoms with Crippen LogP contribution in [0.25, 0.3) is 0 Å². The number of allylic oxidation sites excluding steroid dienone is 1. The molecule has 0 aromatic carbocycles. The summed E-state index contributed by atoms with van der Waals surface area (Å²) in [6.07, 6.45) is 4.33. The molecular weight excluding hydrogens is 612 g/mol. The lowest BCUT2D eigenvalue weighted by Crippen LogP contribution is -2.58. The normalized spacial score (nSPS) is 28.5. The van der Waals surface area contributed by atoms with Gasteiger partial charge in [0.05, 0.1) is 19.6 Å². The monoisotopic (exact) mass is 654 g/mol. The Morgan fingerprint density at radius 2 is 1.80 bits per heavy atom. The molecule has 3 aliphatic heterocycles. The molecule has 244 valence electrons. The van der Waals surface area contributed by atoms with Crippen molar-refractivity contribution in [3.8, 4) is 0 Å². The zero-order valence-electron chi connectivity index (χ0n) is 24.7. The van der Waals surface area contributed by atoms with Crippen LogP contribution in [0.1, 0.15) is 38.5 Å². The number of carbonyl (C=O) groups is 6. The molecule has 4 rings (SSSR count). The first-order valence-corrected chi connectivity index (χ1v) is 17.6. The first-order chi connectivity index (χ1) is 21.3. The lowest BCUT2D eigenvalue weighted by molar-refractivity contribution is -0.148. The summed E-state index contributed by atoms with van der Waals surface area (Å²) in [4.78, 5) is 80.4. The van der Waals surface area contributed by atoms with Gasteiger partial charge in [-0.15, -0.1) is 0 Å². The van der Waals surface area contributed by atoms with Gasteiger partial charge in [-0.2, -0.15) is 0 Å². The Labute approximate surface area is 264 Å². The third-order valence-corrected chi connectivity index (χ3v) is 10.0. The number of carbonyl (C=O) groups excluding carboxylic acids is 6. The summed E-state index contributed by atoms with van der Waals surface area (Å²) in [6.45, 7) is 3.61. The highest BCUT2D eigenvalue weighted by atomic mass is 33.1. The Hall–Kier alpha value is -2.82. The van der Waals surface area contributed by atoms with Crippen LogP contribution in [0.4, 0.5) is 0 Å². The summed E-state index contributed by atoms with van der Waals surface area (Å²) in [5.74, 6) is -2.40. The number of rotatable bonds is 7. The van der Waals surface area contributed by atoms with Crippen molar-refractivity contribution >= 4 is 57.1 Å². The highest BCUT2D eigenvalue weighted by molar-refractivity contribution is 8.76. The quantitative estimate of drug-likeness (QED) is 0.127. The summed E-state index contributed by atoms with van der Waals surface area (Å²) in [6, 6.07) is -2.98. The van der Waals surface area contributed by atoms with Crippen molar-refractivity contribution in [3.05, 3.63) is 12.2 Å². The van der Waals surface area contributed by atoms with Gasteiger partial charge in [-0.3, -0.25) is 33.7 Å². The third kappa shape index (κ3) is 11.6. The van der Waals surface area contributed by atoms with E-state index in [0.29, 0.717) is 38.5 Å². The van der Waals surface area contributed by atoms with E-state index in [9.17, 15) is 28.8 Å². The van der Waals surface area contributed by atoms with Gasteiger partial charge in [0.2, 0.25) is 29.5 Å². The number of hydrogen-bond acceptors (Lipinski definition) is 11. The van der Waals surface area contributed by atoms with Crippen molar-refractivity contribution < 1.29 is 38.2 Å². The molecule has 2 bridgehead atoms. The molecule has 14 nitrogen and oxygen atoms in total. The van der Waals surface area contributed by atoms with E-state index in [-0.39, 0.29) is 36.8 Å². The molecule has 44 heavy (non-hydrogen) atoms. The van der Waals surface area contributed by atoms with Crippen LogP contribution in [0.2, 0.25) is 0 Å². The molecule has 1 saturated carbocycles. The predicted octanol–water partition coefficient (Wildman–Crippen LogP) is -1.15. The molecule has 5 amide bonds. The summed E-state index contributed by atoms with van der Waals surface area (Å²) in [7, 11) is 2.92. The summed E-state index contributed by atoms with van der Waals surface area (Å²) < 4.78 is 10.8. The van der Waals surface area contributed by atoms with Crippen molar-refractivity contribution in [2.45, 2.75) is 62.8 Å². The Morgan fingerprint density at radius 3 is 2.57 bits per heavy atom. The van der Waals surface area contributed by atoms with Gasteiger partial charge in [0.1, 0.15) is 30.8 Å². The standard InChI is InChI=1S/C28H42N6O8S2/c35-22(29-8-9-34-10-12-41-13-11-34)7-6-20-26(38)32-21-17-44-43-14-2-1-3-19(15-23(36)31-20)42-24(37)16-30-28(40)25(18-4-5-18)33-27(21)39/h1,3,18-21,25H,2,4-17H2,(H,29,35)(H,30,40)(H,31,36)(H,32,38)(H,33,39)/t19-,20-,21-,25?/m1/s1. The smallest absolute Gasteiger partial charge is 0.326 e. The first-order valence-electron chi connectivity index (χ1n) is 15.1. The molecule has 0 aromatic heterocycles. The van der Waals surface area contributed by atoms with Gasteiger partial charge in [0, 0.05) is 44.1 Å². The van der Waals surface area contributed by atoms with Crippen LogP contribution < -0.4 is 26.6 Å². The van der Waals surface area contributed by atoms with Gasteiger partial charge >= 0.3 is 5.97 Å². The van der Waals surface area contributed by atoms with Crippen LogP contribution in [0.3, 0.4) is 0 Å². The van der Waals surface area contributed by atoms with E-state index in [0.717, 1.165) is 25.9 Å². The molecule has 16 heteroatoms. The summed E-state index contributed by atoms with van der Waals surface area (Å²) >= 11 is 0. The van der Waals surface area contributed by atoms with Gasteiger partial charge in [-0.25, -0.2) is 0 Å². The highest BCUT2D eigenvalue weighted by Crippen LogP contribution is 2.33. The first kappa shape index (κ1) is 34.1. The van der Waals surface area contributed by atoms with Crippen LogP contribution in [0.5, 0.6) is 0 Å². The lowest BCUT2D eigenvalue weighted by Gasteiger charge is -2.26. The molecule has 0 aromatic rings. The van der Waals surface area contributed by atoms with Gasteiger partial charge in [0.25, 0.3) is 0 Å². The van der Waals surface area contributed by atoms with Crippen LogP contribution in [0, 0.1) is 5.92 Å². The molecule has 0 spiro atoms. The van der Waals surface area contributed by atoms with Crippen LogP contribution in [-0.4, -0.2) is 122 Å². The number of ether oxygens (including phenoxy) is 2. The largest absolute Gasteiger partial charge is 0.456 e. The Bertz CT molecular complexity index is 1080. The van der Waals surface area contributed by atoms with Gasteiger partial charge in [-0.1, -0.05) is 27.7 Å². The Morgan fingerprint density at radius 1 is 1.00 bits per heavy atom. The molecular formula is C28H42N6O8S2. The van der Waals surface area contributed by atoms with E-state index in [1.54, 1.807) is 6.08 Å². The second-order valence-electron chi connectivity index (χ2n) is 11.1. The van der Waals surface area contributed by atoms with Crippen LogP contribution in [0.15, 0.2) is 12.2 Å². The number of fused-ring (bicyclic) bond motifs is 7. The molecule has 5 N–H and O–H groups in total. The maximum absolute atomic E-state index is 13.5. The highest BCUT2D eigenvalue weighted by Gasteiger charge is 2.39. The molecule has 1 unspecified atom stereocenters. The maximum atomic E-state index is 13.5. The minimum atomic E-state index is -1.12. The number of amides is 5. The van der Waals surface area contributed by atoms with Crippen molar-refractivity contribution in [2.75, 3.05) is 57.4 Å². The van der Waals surface area contributed by atoms with Crippen LogP contribution in [-0.2, 0) is 38.2 Å². The molecule has 0 radical (unpaired) electrons. The number of hydrogen-bond donors (Lipinski definition) is 5. The molecule has 3 heterocycles. The maximum Gasteiger partial charge on any atom is 0.326 e. The van der Waals surface area contributed by atoms with Gasteiger partial charge in [0.15, 0.2) is 0 Å². The fraction of sp³-hybridized carbons (Fsp3) is 0.714. The Balaban J connectivity index is 1.48. The van der Waals surface area contributed by atoms with E-state index < -0.39 is 60.4 Å². The summed E-state index contributed by atoms with van der Waals surface area (Å²) in [5, 5.41) is 13.6.